The topological polar surface area (TPSA) is 39.1 Å². The first-order valence-electron chi connectivity index (χ1n) is 5.11. The molecule has 15 heavy (non-hydrogen) atoms. The molecule has 1 aliphatic rings. The maximum absolute atomic E-state index is 12.2. The van der Waals surface area contributed by atoms with Crippen LogP contribution < -0.4 is 5.32 Å². The molecule has 3 nitrogen and oxygen atoms in total. The van der Waals surface area contributed by atoms with Gasteiger partial charge in [-0.2, -0.15) is 5.26 Å². The third kappa shape index (κ3) is 2.86. The van der Waals surface area contributed by atoms with E-state index in [0.29, 0.717) is 6.42 Å². The number of alkyl halides is 2. The summed E-state index contributed by atoms with van der Waals surface area (Å²) >= 11 is 0. The highest BCUT2D eigenvalue weighted by molar-refractivity contribution is 5.12. The monoisotopic (exact) mass is 217 g/mol. The Morgan fingerprint density at radius 2 is 2.33 bits per heavy atom. The molecule has 2 atom stereocenters. The van der Waals surface area contributed by atoms with Crippen LogP contribution in [0.5, 0.6) is 0 Å². The quantitative estimate of drug-likeness (QED) is 0.769. The average molecular weight is 217 g/mol. The van der Waals surface area contributed by atoms with Crippen molar-refractivity contribution in [3.8, 4) is 6.07 Å². The molecule has 0 heterocycles. The molecule has 0 aliphatic heterocycles. The smallest absolute Gasteiger partial charge is 0.251 e. The summed E-state index contributed by atoms with van der Waals surface area (Å²) < 4.78 is 24.3. The molecule has 0 bridgehead atoms. The molecule has 0 spiro atoms. The molecule has 0 radical (unpaired) electrons. The first-order valence-corrected chi connectivity index (χ1v) is 5.11. The zero-order valence-corrected chi connectivity index (χ0v) is 9.13. The second-order valence-electron chi connectivity index (χ2n) is 4.17. The van der Waals surface area contributed by atoms with Gasteiger partial charge in [-0.25, -0.2) is 8.78 Å². The van der Waals surface area contributed by atoms with E-state index >= 15 is 0 Å². The lowest BCUT2D eigenvalue weighted by atomic mass is 10.00. The van der Waals surface area contributed by atoms with Crippen LogP contribution in [0.15, 0.2) is 0 Å². The third-order valence-corrected chi connectivity index (χ3v) is 3.23. The number of hydrogen-bond donors (Lipinski definition) is 1. The fourth-order valence-corrected chi connectivity index (χ4v) is 2.15. The van der Waals surface area contributed by atoms with Gasteiger partial charge in [0, 0.05) is 6.04 Å². The molecule has 1 aliphatic carbocycles. The van der Waals surface area contributed by atoms with Gasteiger partial charge in [0.2, 0.25) is 0 Å². The van der Waals surface area contributed by atoms with Crippen LogP contribution >= 0.6 is 0 Å². The lowest BCUT2D eigenvalue weighted by Gasteiger charge is -2.25. The zero-order valence-electron chi connectivity index (χ0n) is 9.13. The molecule has 1 rings (SSSR count). The summed E-state index contributed by atoms with van der Waals surface area (Å²) in [6.07, 6.45) is -0.138. The van der Waals surface area contributed by atoms with E-state index in [1.54, 1.807) is 19.0 Å². The second kappa shape index (κ2) is 4.86. The second-order valence-corrected chi connectivity index (χ2v) is 4.17. The predicted octanol–water partition coefficient (Wildman–Crippen LogP) is 1.22. The Kier molecular flexibility index (Phi) is 4.00. The van der Waals surface area contributed by atoms with Gasteiger partial charge in [-0.15, -0.1) is 0 Å². The molecule has 1 fully saturated rings. The average Bonchev–Trinajstić information content (AvgIpc) is 2.62. The van der Waals surface area contributed by atoms with Crippen LogP contribution in [0.2, 0.25) is 0 Å². The van der Waals surface area contributed by atoms with Gasteiger partial charge >= 0.3 is 0 Å². The Balaban J connectivity index is 2.52. The summed E-state index contributed by atoms with van der Waals surface area (Å²) in [6, 6.07) is 2.33. The molecule has 5 heteroatoms. The van der Waals surface area contributed by atoms with E-state index < -0.39 is 12.0 Å². The van der Waals surface area contributed by atoms with Gasteiger partial charge in [-0.05, 0) is 33.4 Å². The highest BCUT2D eigenvalue weighted by Crippen LogP contribution is 2.32. The predicted molar refractivity (Wildman–Crippen MR) is 53.7 cm³/mol. The van der Waals surface area contributed by atoms with E-state index in [2.05, 4.69) is 11.4 Å². The van der Waals surface area contributed by atoms with E-state index in [4.69, 9.17) is 5.26 Å². The molecule has 1 saturated carbocycles. The Bertz CT molecular complexity index is 252. The summed E-state index contributed by atoms with van der Waals surface area (Å²) in [4.78, 5) is 1.65. The molecule has 0 aromatic heterocycles. The molecule has 0 amide bonds. The van der Waals surface area contributed by atoms with Crippen molar-refractivity contribution in [1.29, 1.82) is 5.26 Å². The molecule has 86 valence electrons. The molecule has 0 aromatic rings. The van der Waals surface area contributed by atoms with Gasteiger partial charge in [-0.3, -0.25) is 4.90 Å². The van der Waals surface area contributed by atoms with Crippen LogP contribution in [0.4, 0.5) is 8.78 Å². The van der Waals surface area contributed by atoms with Crippen LogP contribution in [-0.2, 0) is 0 Å². The van der Waals surface area contributed by atoms with Gasteiger partial charge < -0.3 is 5.32 Å². The first-order chi connectivity index (χ1) is 7.03. The van der Waals surface area contributed by atoms with Crippen molar-refractivity contribution in [3.63, 3.8) is 0 Å². The minimum atomic E-state index is -2.30. The number of halogens is 2. The Morgan fingerprint density at radius 1 is 1.67 bits per heavy atom. The van der Waals surface area contributed by atoms with Crippen molar-refractivity contribution < 1.29 is 8.78 Å². The van der Waals surface area contributed by atoms with Crippen LogP contribution in [0, 0.1) is 11.3 Å². The number of nitrogens with one attached hydrogen (secondary N) is 1. The number of hydrogen-bond acceptors (Lipinski definition) is 3. The molecule has 2 unspecified atom stereocenters. The Labute approximate surface area is 89.1 Å². The third-order valence-electron chi connectivity index (χ3n) is 3.23. The largest absolute Gasteiger partial charge is 0.302 e. The fourth-order valence-electron chi connectivity index (χ4n) is 2.15. The molecule has 0 saturated heterocycles. The highest BCUT2D eigenvalue weighted by Gasteiger charge is 2.39. The number of nitriles is 1. The lowest BCUT2D eigenvalue weighted by molar-refractivity contribution is 0.0807. The van der Waals surface area contributed by atoms with Gasteiger partial charge in [0.15, 0.2) is 0 Å². The van der Waals surface area contributed by atoms with Gasteiger partial charge in [0.1, 0.15) is 5.54 Å². The van der Waals surface area contributed by atoms with Crippen LogP contribution in [0.25, 0.3) is 0 Å². The summed E-state index contributed by atoms with van der Waals surface area (Å²) in [7, 11) is 3.44. The van der Waals surface area contributed by atoms with Crippen molar-refractivity contribution >= 4 is 0 Å². The summed E-state index contributed by atoms with van der Waals surface area (Å²) in [5.74, 6) is 0. The van der Waals surface area contributed by atoms with Crippen LogP contribution in [0.3, 0.4) is 0 Å². The van der Waals surface area contributed by atoms with Gasteiger partial charge in [0.25, 0.3) is 6.43 Å². The molecule has 1 N–H and O–H groups in total. The first kappa shape index (κ1) is 12.3. The van der Waals surface area contributed by atoms with Crippen molar-refractivity contribution in [2.24, 2.45) is 0 Å². The molecular formula is C10H17F2N3. The maximum atomic E-state index is 12.2. The van der Waals surface area contributed by atoms with E-state index in [1.807, 2.05) is 0 Å². The van der Waals surface area contributed by atoms with E-state index in [0.717, 1.165) is 12.8 Å². The standard InChI is InChI=1S/C10H17F2N3/c1-14-10(7-13)4-3-8(5-10)15(2)6-9(11)12/h8-9,14H,3-6H2,1-2H3. The summed E-state index contributed by atoms with van der Waals surface area (Å²) in [5.41, 5.74) is -0.513. The van der Waals surface area contributed by atoms with Crippen molar-refractivity contribution in [3.05, 3.63) is 0 Å². The molecule has 0 aromatic carbocycles. The lowest BCUT2D eigenvalue weighted by Crippen LogP contribution is -2.41. The van der Waals surface area contributed by atoms with Crippen molar-refractivity contribution in [1.82, 2.24) is 10.2 Å². The van der Waals surface area contributed by atoms with Crippen molar-refractivity contribution in [2.45, 2.75) is 37.3 Å². The minimum absolute atomic E-state index is 0.0890. The minimum Gasteiger partial charge on any atom is -0.302 e. The Morgan fingerprint density at radius 3 is 2.73 bits per heavy atom. The summed E-state index contributed by atoms with van der Waals surface area (Å²) in [5, 5.41) is 12.0. The van der Waals surface area contributed by atoms with E-state index in [9.17, 15) is 8.78 Å². The number of rotatable bonds is 4. The van der Waals surface area contributed by atoms with E-state index in [-0.39, 0.29) is 12.6 Å². The van der Waals surface area contributed by atoms with E-state index in [1.165, 1.54) is 0 Å². The SMILES string of the molecule is CNC1(C#N)CCC(N(C)CC(F)F)C1. The van der Waals surface area contributed by atoms with Crippen LogP contribution in [-0.4, -0.2) is 43.5 Å². The van der Waals surface area contributed by atoms with Crippen molar-refractivity contribution in [2.75, 3.05) is 20.6 Å². The van der Waals surface area contributed by atoms with Gasteiger partial charge in [-0.1, -0.05) is 0 Å². The number of nitrogens with zero attached hydrogens (tertiary/aromatic N) is 2. The Hall–Kier alpha value is -0.730. The van der Waals surface area contributed by atoms with Gasteiger partial charge in [0.05, 0.1) is 12.6 Å². The fraction of sp³-hybridized carbons (Fsp3) is 0.900. The molecular weight excluding hydrogens is 200 g/mol. The normalized spacial score (nSPS) is 31.1. The zero-order chi connectivity index (χ0) is 11.5. The maximum Gasteiger partial charge on any atom is 0.251 e. The highest BCUT2D eigenvalue weighted by atomic mass is 19.3. The van der Waals surface area contributed by atoms with Crippen LogP contribution in [0.1, 0.15) is 19.3 Å². The summed E-state index contributed by atoms with van der Waals surface area (Å²) in [6.45, 7) is -0.212.